The number of ether oxygens (including phenoxy) is 2. The lowest BCUT2D eigenvalue weighted by molar-refractivity contribution is -0.293. The van der Waals surface area contributed by atoms with Crippen LogP contribution in [0.4, 0.5) is 22.0 Å². The van der Waals surface area contributed by atoms with Gasteiger partial charge in [-0.15, -0.1) is 0 Å². The quantitative estimate of drug-likeness (QED) is 0.425. The number of rotatable bonds is 6. The van der Waals surface area contributed by atoms with Gasteiger partial charge in [0.15, 0.2) is 6.61 Å². The Bertz CT molecular complexity index is 309. The van der Waals surface area contributed by atoms with Gasteiger partial charge in [-0.3, -0.25) is 0 Å². The van der Waals surface area contributed by atoms with Crippen molar-refractivity contribution in [2.45, 2.75) is 32.1 Å². The van der Waals surface area contributed by atoms with Crippen LogP contribution in [0.3, 0.4) is 0 Å². The second kappa shape index (κ2) is 6.12. The highest BCUT2D eigenvalue weighted by Gasteiger charge is 2.58. The molecule has 0 amide bonds. The molecule has 0 heterocycles. The SMILES string of the molecule is C=C(COC(C)C)C(=O)OCC(F)(F)C(F)(F)F. The Hall–Kier alpha value is -1.18. The van der Waals surface area contributed by atoms with E-state index in [1.807, 2.05) is 0 Å². The first-order chi connectivity index (χ1) is 7.97. The zero-order valence-corrected chi connectivity index (χ0v) is 9.81. The van der Waals surface area contributed by atoms with Crippen molar-refractivity contribution in [1.82, 2.24) is 0 Å². The lowest BCUT2D eigenvalue weighted by Gasteiger charge is -2.19. The van der Waals surface area contributed by atoms with Crippen LogP contribution < -0.4 is 0 Å². The van der Waals surface area contributed by atoms with Crippen molar-refractivity contribution in [2.75, 3.05) is 13.2 Å². The standard InChI is InChI=1S/C10H13F5O3/c1-6(2)17-4-7(3)8(16)18-5-9(11,12)10(13,14)15/h6H,3-5H2,1-2H3. The number of hydrogen-bond donors (Lipinski definition) is 0. The van der Waals surface area contributed by atoms with Gasteiger partial charge in [-0.25, -0.2) is 4.79 Å². The topological polar surface area (TPSA) is 35.5 Å². The van der Waals surface area contributed by atoms with E-state index >= 15 is 0 Å². The summed E-state index contributed by atoms with van der Waals surface area (Å²) in [6.07, 6.45) is -6.01. The van der Waals surface area contributed by atoms with E-state index in [0.717, 1.165) is 0 Å². The van der Waals surface area contributed by atoms with Crippen LogP contribution in [0.15, 0.2) is 12.2 Å². The molecule has 0 aliphatic carbocycles. The largest absolute Gasteiger partial charge is 0.456 e. The molecule has 3 nitrogen and oxygen atoms in total. The molecule has 8 heteroatoms. The molecule has 0 aliphatic rings. The fourth-order valence-corrected chi connectivity index (χ4v) is 0.666. The molecular formula is C10H13F5O3. The Morgan fingerprint density at radius 3 is 2.11 bits per heavy atom. The summed E-state index contributed by atoms with van der Waals surface area (Å²) >= 11 is 0. The van der Waals surface area contributed by atoms with Crippen molar-refractivity contribution in [3.8, 4) is 0 Å². The van der Waals surface area contributed by atoms with Gasteiger partial charge in [0.05, 0.1) is 18.3 Å². The maximum absolute atomic E-state index is 12.4. The molecule has 0 saturated heterocycles. The molecule has 106 valence electrons. The van der Waals surface area contributed by atoms with Crippen molar-refractivity contribution in [3.05, 3.63) is 12.2 Å². The van der Waals surface area contributed by atoms with Crippen LogP contribution in [-0.4, -0.2) is 37.4 Å². The maximum atomic E-state index is 12.4. The van der Waals surface area contributed by atoms with Crippen molar-refractivity contribution in [2.24, 2.45) is 0 Å². The van der Waals surface area contributed by atoms with E-state index in [4.69, 9.17) is 4.74 Å². The van der Waals surface area contributed by atoms with E-state index in [-0.39, 0.29) is 18.3 Å². The average molecular weight is 276 g/mol. The minimum atomic E-state index is -5.76. The Balaban J connectivity index is 4.23. The molecule has 0 aromatic heterocycles. The molecule has 0 N–H and O–H groups in total. The van der Waals surface area contributed by atoms with Gasteiger partial charge in [-0.05, 0) is 13.8 Å². The van der Waals surface area contributed by atoms with Crippen LogP contribution >= 0.6 is 0 Å². The summed E-state index contributed by atoms with van der Waals surface area (Å²) in [4.78, 5) is 11.0. The van der Waals surface area contributed by atoms with Gasteiger partial charge in [-0.2, -0.15) is 22.0 Å². The Morgan fingerprint density at radius 2 is 1.72 bits per heavy atom. The molecule has 0 aromatic carbocycles. The lowest BCUT2D eigenvalue weighted by atomic mass is 10.3. The zero-order chi connectivity index (χ0) is 14.6. The van der Waals surface area contributed by atoms with Crippen molar-refractivity contribution >= 4 is 5.97 Å². The number of carbonyl (C=O) groups is 1. The minimum Gasteiger partial charge on any atom is -0.455 e. The normalized spacial score (nSPS) is 12.7. The maximum Gasteiger partial charge on any atom is 0.456 e. The highest BCUT2D eigenvalue weighted by Crippen LogP contribution is 2.35. The van der Waals surface area contributed by atoms with Crippen molar-refractivity contribution in [3.63, 3.8) is 0 Å². The zero-order valence-electron chi connectivity index (χ0n) is 9.81. The van der Waals surface area contributed by atoms with Crippen LogP contribution in [0.2, 0.25) is 0 Å². The monoisotopic (exact) mass is 276 g/mol. The first-order valence-corrected chi connectivity index (χ1v) is 4.88. The van der Waals surface area contributed by atoms with Crippen molar-refractivity contribution < 1.29 is 36.2 Å². The number of halogens is 5. The summed E-state index contributed by atoms with van der Waals surface area (Å²) in [6.45, 7) is 4.09. The lowest BCUT2D eigenvalue weighted by Crippen LogP contribution is -2.41. The van der Waals surface area contributed by atoms with Crippen LogP contribution in [-0.2, 0) is 14.3 Å². The third kappa shape index (κ3) is 5.44. The number of hydrogen-bond acceptors (Lipinski definition) is 3. The molecule has 0 saturated carbocycles. The molecule has 0 bridgehead atoms. The third-order valence-corrected chi connectivity index (χ3v) is 1.68. The van der Waals surface area contributed by atoms with Gasteiger partial charge in [-0.1, -0.05) is 6.58 Å². The van der Waals surface area contributed by atoms with Crippen LogP contribution in [0.1, 0.15) is 13.8 Å². The highest BCUT2D eigenvalue weighted by molar-refractivity contribution is 5.88. The molecule has 0 rings (SSSR count). The van der Waals surface area contributed by atoms with Crippen LogP contribution in [0, 0.1) is 0 Å². The Labute approximate surface area is 101 Å². The second-order valence-corrected chi connectivity index (χ2v) is 3.74. The van der Waals surface area contributed by atoms with Gasteiger partial charge >= 0.3 is 18.1 Å². The molecule has 0 spiro atoms. The van der Waals surface area contributed by atoms with Gasteiger partial charge in [0.1, 0.15) is 0 Å². The number of carbonyl (C=O) groups excluding carboxylic acids is 1. The van der Waals surface area contributed by atoms with Gasteiger partial charge < -0.3 is 9.47 Å². The summed E-state index contributed by atoms with van der Waals surface area (Å²) in [6, 6.07) is 0. The molecule has 0 fully saturated rings. The van der Waals surface area contributed by atoms with Gasteiger partial charge in [0.25, 0.3) is 0 Å². The summed E-state index contributed by atoms with van der Waals surface area (Å²) in [7, 11) is 0. The first kappa shape index (κ1) is 16.8. The predicted molar refractivity (Wildman–Crippen MR) is 52.2 cm³/mol. The average Bonchev–Trinajstić information content (AvgIpc) is 2.20. The fraction of sp³-hybridized carbons (Fsp3) is 0.700. The molecule has 0 aromatic rings. The number of esters is 1. The molecule has 0 unspecified atom stereocenters. The highest BCUT2D eigenvalue weighted by atomic mass is 19.4. The summed E-state index contributed by atoms with van der Waals surface area (Å²) in [5.74, 6) is -6.43. The molecular weight excluding hydrogens is 263 g/mol. The molecule has 18 heavy (non-hydrogen) atoms. The van der Waals surface area contributed by atoms with E-state index in [2.05, 4.69) is 11.3 Å². The first-order valence-electron chi connectivity index (χ1n) is 4.88. The smallest absolute Gasteiger partial charge is 0.455 e. The Kier molecular flexibility index (Phi) is 5.72. The number of alkyl halides is 5. The molecule has 0 atom stereocenters. The van der Waals surface area contributed by atoms with Crippen molar-refractivity contribution in [1.29, 1.82) is 0 Å². The third-order valence-electron chi connectivity index (χ3n) is 1.68. The van der Waals surface area contributed by atoms with Gasteiger partial charge in [0, 0.05) is 0 Å². The van der Waals surface area contributed by atoms with E-state index in [1.165, 1.54) is 0 Å². The summed E-state index contributed by atoms with van der Waals surface area (Å²) in [5.41, 5.74) is -0.332. The summed E-state index contributed by atoms with van der Waals surface area (Å²) < 4.78 is 68.8. The predicted octanol–water partition coefficient (Wildman–Crippen LogP) is 2.71. The minimum absolute atomic E-state index is 0.244. The van der Waals surface area contributed by atoms with Crippen LogP contribution in [0.25, 0.3) is 0 Å². The molecule has 0 radical (unpaired) electrons. The van der Waals surface area contributed by atoms with E-state index < -0.39 is 24.7 Å². The fourth-order valence-electron chi connectivity index (χ4n) is 0.666. The Morgan fingerprint density at radius 1 is 1.22 bits per heavy atom. The van der Waals surface area contributed by atoms with Crippen LogP contribution in [0.5, 0.6) is 0 Å². The van der Waals surface area contributed by atoms with E-state index in [0.29, 0.717) is 0 Å². The summed E-state index contributed by atoms with van der Waals surface area (Å²) in [5, 5.41) is 0. The van der Waals surface area contributed by atoms with Gasteiger partial charge in [0.2, 0.25) is 0 Å². The van der Waals surface area contributed by atoms with E-state index in [9.17, 15) is 26.7 Å². The second-order valence-electron chi connectivity index (χ2n) is 3.74. The van der Waals surface area contributed by atoms with E-state index in [1.54, 1.807) is 13.8 Å². The molecule has 0 aliphatic heterocycles.